The van der Waals surface area contributed by atoms with Gasteiger partial charge in [-0.1, -0.05) is 46.3 Å². The van der Waals surface area contributed by atoms with Gasteiger partial charge in [0.2, 0.25) is 5.91 Å². The smallest absolute Gasteiger partial charge is 0.248 e. The quantitative estimate of drug-likeness (QED) is 0.760. The summed E-state index contributed by atoms with van der Waals surface area (Å²) in [7, 11) is 0. The molecule has 1 amide bonds. The van der Waals surface area contributed by atoms with Crippen LogP contribution in [-0.4, -0.2) is 12.0 Å². The minimum Gasteiger partial charge on any atom is -0.491 e. The zero-order valence-corrected chi connectivity index (χ0v) is 16.3. The number of ether oxygens (including phenoxy) is 1. The fourth-order valence-electron chi connectivity index (χ4n) is 2.15. The normalized spacial score (nSPS) is 12.9. The van der Waals surface area contributed by atoms with Crippen LogP contribution < -0.4 is 15.8 Å². The summed E-state index contributed by atoms with van der Waals surface area (Å²) in [6, 6.07) is 14.7. The molecule has 1 atom stereocenters. The second-order valence-corrected chi connectivity index (χ2v) is 6.78. The maximum Gasteiger partial charge on any atom is 0.248 e. The Morgan fingerprint density at radius 2 is 1.83 bits per heavy atom. The minimum atomic E-state index is -1.12. The molecule has 6 heteroatoms. The Bertz CT molecular complexity index is 691. The van der Waals surface area contributed by atoms with E-state index in [0.29, 0.717) is 11.4 Å². The summed E-state index contributed by atoms with van der Waals surface area (Å²) in [5.74, 6) is 0.403. The van der Waals surface area contributed by atoms with Crippen LogP contribution in [-0.2, 0) is 10.3 Å². The number of carbonyl (C=O) groups is 1. The fourth-order valence-corrected chi connectivity index (χ4v) is 2.62. The van der Waals surface area contributed by atoms with Gasteiger partial charge in [0.1, 0.15) is 11.3 Å². The minimum absolute atomic E-state index is 0. The first-order chi connectivity index (χ1) is 10.8. The molecule has 1 unspecified atom stereocenters. The Kier molecular flexibility index (Phi) is 7.27. The number of hydrogen-bond acceptors (Lipinski definition) is 3. The maximum atomic E-state index is 12.6. The van der Waals surface area contributed by atoms with Crippen molar-refractivity contribution < 1.29 is 9.53 Å². The van der Waals surface area contributed by atoms with Gasteiger partial charge in [-0.3, -0.25) is 4.79 Å². The molecule has 0 aromatic heterocycles. The van der Waals surface area contributed by atoms with Crippen LogP contribution in [0.2, 0.25) is 0 Å². The lowest BCUT2D eigenvalue weighted by Gasteiger charge is -2.24. The third kappa shape index (κ3) is 5.23. The van der Waals surface area contributed by atoms with Crippen molar-refractivity contribution in [2.75, 3.05) is 5.32 Å². The largest absolute Gasteiger partial charge is 0.491 e. The summed E-state index contributed by atoms with van der Waals surface area (Å²) in [5.41, 5.74) is 6.50. The monoisotopic (exact) mass is 412 g/mol. The molecule has 0 aliphatic heterocycles. The third-order valence-corrected chi connectivity index (χ3v) is 3.80. The summed E-state index contributed by atoms with van der Waals surface area (Å²) in [5, 5.41) is 2.86. The molecule has 130 valence electrons. The average molecular weight is 414 g/mol. The lowest BCUT2D eigenvalue weighted by Crippen LogP contribution is -2.45. The van der Waals surface area contributed by atoms with Crippen LogP contribution in [0.1, 0.15) is 26.3 Å². The predicted molar refractivity (Wildman–Crippen MR) is 104 cm³/mol. The summed E-state index contributed by atoms with van der Waals surface area (Å²) < 4.78 is 6.50. The third-order valence-electron chi connectivity index (χ3n) is 3.35. The van der Waals surface area contributed by atoms with E-state index in [1.807, 2.05) is 56.3 Å². The van der Waals surface area contributed by atoms with Crippen LogP contribution in [0, 0.1) is 0 Å². The highest BCUT2D eigenvalue weighted by Crippen LogP contribution is 2.27. The van der Waals surface area contributed by atoms with E-state index in [4.69, 9.17) is 10.5 Å². The SMILES string of the molecule is CC(C)Oc1cc(Br)cc(NC(=O)C(C)(N)c2ccccc2)c1.Cl. The molecular formula is C18H22BrClN2O2. The molecule has 4 nitrogen and oxygen atoms in total. The first kappa shape index (κ1) is 20.5. The summed E-state index contributed by atoms with van der Waals surface area (Å²) in [6.07, 6.45) is 0.0527. The molecule has 2 aromatic carbocycles. The molecule has 0 spiro atoms. The van der Waals surface area contributed by atoms with Gasteiger partial charge in [-0.15, -0.1) is 12.4 Å². The first-order valence-corrected chi connectivity index (χ1v) is 8.21. The molecule has 0 saturated carbocycles. The van der Waals surface area contributed by atoms with E-state index >= 15 is 0 Å². The average Bonchev–Trinajstić information content (AvgIpc) is 2.46. The summed E-state index contributed by atoms with van der Waals surface area (Å²) in [4.78, 5) is 12.6. The molecule has 0 radical (unpaired) electrons. The van der Waals surface area contributed by atoms with Crippen LogP contribution in [0.5, 0.6) is 5.75 Å². The molecule has 2 aromatic rings. The lowest BCUT2D eigenvalue weighted by atomic mass is 9.92. The van der Waals surface area contributed by atoms with Gasteiger partial charge >= 0.3 is 0 Å². The highest BCUT2D eigenvalue weighted by Gasteiger charge is 2.30. The molecule has 0 bridgehead atoms. The topological polar surface area (TPSA) is 64.3 Å². The predicted octanol–water partition coefficient (Wildman–Crippen LogP) is 4.47. The van der Waals surface area contributed by atoms with Crippen molar-refractivity contribution in [1.82, 2.24) is 0 Å². The van der Waals surface area contributed by atoms with E-state index in [0.717, 1.165) is 10.0 Å². The molecule has 0 aliphatic carbocycles. The van der Waals surface area contributed by atoms with Crippen molar-refractivity contribution in [3.63, 3.8) is 0 Å². The number of carbonyl (C=O) groups excluding carboxylic acids is 1. The number of amides is 1. The van der Waals surface area contributed by atoms with Crippen LogP contribution in [0.4, 0.5) is 5.69 Å². The van der Waals surface area contributed by atoms with Gasteiger partial charge in [0, 0.05) is 16.2 Å². The van der Waals surface area contributed by atoms with Gasteiger partial charge in [0.25, 0.3) is 0 Å². The van der Waals surface area contributed by atoms with Crippen LogP contribution in [0.3, 0.4) is 0 Å². The Morgan fingerprint density at radius 3 is 2.42 bits per heavy atom. The number of benzene rings is 2. The fraction of sp³-hybridized carbons (Fsp3) is 0.278. The number of anilines is 1. The van der Waals surface area contributed by atoms with Crippen molar-refractivity contribution in [3.8, 4) is 5.75 Å². The van der Waals surface area contributed by atoms with Gasteiger partial charge in [-0.05, 0) is 38.5 Å². The van der Waals surface area contributed by atoms with Gasteiger partial charge in [-0.2, -0.15) is 0 Å². The van der Waals surface area contributed by atoms with E-state index in [2.05, 4.69) is 21.2 Å². The van der Waals surface area contributed by atoms with Crippen molar-refractivity contribution in [1.29, 1.82) is 0 Å². The first-order valence-electron chi connectivity index (χ1n) is 7.42. The molecular weight excluding hydrogens is 392 g/mol. The summed E-state index contributed by atoms with van der Waals surface area (Å²) in [6.45, 7) is 5.60. The van der Waals surface area contributed by atoms with Crippen molar-refractivity contribution in [2.45, 2.75) is 32.4 Å². The van der Waals surface area contributed by atoms with Crippen LogP contribution in [0.15, 0.2) is 53.0 Å². The Balaban J connectivity index is 0.00000288. The van der Waals surface area contributed by atoms with Crippen LogP contribution >= 0.6 is 28.3 Å². The van der Waals surface area contributed by atoms with E-state index in [1.54, 1.807) is 13.0 Å². The van der Waals surface area contributed by atoms with Gasteiger partial charge in [0.05, 0.1) is 6.10 Å². The molecule has 0 fully saturated rings. The number of nitrogens with one attached hydrogen (secondary N) is 1. The molecule has 0 saturated heterocycles. The zero-order valence-electron chi connectivity index (χ0n) is 13.9. The Morgan fingerprint density at radius 1 is 1.21 bits per heavy atom. The Labute approximate surface area is 157 Å². The van der Waals surface area contributed by atoms with E-state index in [-0.39, 0.29) is 24.4 Å². The molecule has 3 N–H and O–H groups in total. The standard InChI is InChI=1S/C18H21BrN2O2.ClH/c1-12(2)23-16-10-14(19)9-15(11-16)21-17(22)18(3,20)13-7-5-4-6-8-13;/h4-12H,20H2,1-3H3,(H,21,22);1H. The van der Waals surface area contributed by atoms with E-state index in [1.165, 1.54) is 0 Å². The molecule has 0 aliphatic rings. The zero-order chi connectivity index (χ0) is 17.0. The lowest BCUT2D eigenvalue weighted by molar-refractivity contribution is -0.120. The van der Waals surface area contributed by atoms with Gasteiger partial charge in [-0.25, -0.2) is 0 Å². The van der Waals surface area contributed by atoms with Crippen molar-refractivity contribution >= 4 is 39.9 Å². The summed E-state index contributed by atoms with van der Waals surface area (Å²) >= 11 is 3.43. The highest BCUT2D eigenvalue weighted by molar-refractivity contribution is 9.10. The van der Waals surface area contributed by atoms with Gasteiger partial charge in [0.15, 0.2) is 0 Å². The van der Waals surface area contributed by atoms with Crippen LogP contribution in [0.25, 0.3) is 0 Å². The van der Waals surface area contributed by atoms with E-state index < -0.39 is 5.54 Å². The van der Waals surface area contributed by atoms with E-state index in [9.17, 15) is 4.79 Å². The number of hydrogen-bond donors (Lipinski definition) is 2. The maximum absolute atomic E-state index is 12.6. The molecule has 2 rings (SSSR count). The molecule has 0 heterocycles. The van der Waals surface area contributed by atoms with Gasteiger partial charge < -0.3 is 15.8 Å². The number of nitrogens with two attached hydrogens (primary N) is 1. The van der Waals surface area contributed by atoms with Crippen molar-refractivity contribution in [3.05, 3.63) is 58.6 Å². The second-order valence-electron chi connectivity index (χ2n) is 5.86. The number of halogens is 2. The molecule has 24 heavy (non-hydrogen) atoms. The highest BCUT2D eigenvalue weighted by atomic mass is 79.9. The second kappa shape index (κ2) is 8.51. The van der Waals surface area contributed by atoms with Crippen molar-refractivity contribution in [2.24, 2.45) is 5.73 Å². The number of rotatable bonds is 5. The Hall–Kier alpha value is -1.56.